The Balaban J connectivity index is 2.17. The van der Waals surface area contributed by atoms with Crippen LogP contribution in [0.3, 0.4) is 0 Å². The summed E-state index contributed by atoms with van der Waals surface area (Å²) in [7, 11) is 0. The molecule has 1 atom stereocenters. The Kier molecular flexibility index (Phi) is 5.65. The first kappa shape index (κ1) is 16.3. The van der Waals surface area contributed by atoms with E-state index in [0.29, 0.717) is 18.1 Å². The number of benzene rings is 2. The summed E-state index contributed by atoms with van der Waals surface area (Å²) < 4.78 is 1.04. The van der Waals surface area contributed by atoms with Crippen LogP contribution in [0.15, 0.2) is 40.9 Å². The Morgan fingerprint density at radius 2 is 1.81 bits per heavy atom. The molecular formula is C16H19BrClN3. The van der Waals surface area contributed by atoms with Crippen LogP contribution in [0.2, 0.25) is 5.02 Å². The second-order valence-electron chi connectivity index (χ2n) is 4.93. The Morgan fingerprint density at radius 3 is 2.43 bits per heavy atom. The van der Waals surface area contributed by atoms with Gasteiger partial charge in [0.25, 0.3) is 0 Å². The average molecular weight is 369 g/mol. The van der Waals surface area contributed by atoms with Gasteiger partial charge in [0.15, 0.2) is 0 Å². The van der Waals surface area contributed by atoms with Crippen molar-refractivity contribution in [3.05, 3.63) is 62.6 Å². The predicted molar refractivity (Wildman–Crippen MR) is 93.4 cm³/mol. The highest BCUT2D eigenvalue weighted by molar-refractivity contribution is 9.10. The van der Waals surface area contributed by atoms with Crippen molar-refractivity contribution >= 4 is 33.2 Å². The molecule has 21 heavy (non-hydrogen) atoms. The Hall–Kier alpha value is -1.07. The standard InChI is InChI=1S/C16H19BrClN3/c1-10(11-2-3-12(8-19)15(17)7-11)21-14-4-5-16(18)13(6-14)9-20/h2-7,10,21H,8-9,19-20H2,1H3. The zero-order chi connectivity index (χ0) is 15.4. The summed E-state index contributed by atoms with van der Waals surface area (Å²) in [5, 5.41) is 4.16. The van der Waals surface area contributed by atoms with E-state index in [1.807, 2.05) is 24.3 Å². The molecule has 112 valence electrons. The van der Waals surface area contributed by atoms with Crippen LogP contribution in [0, 0.1) is 0 Å². The first-order valence-corrected chi connectivity index (χ1v) is 7.95. The van der Waals surface area contributed by atoms with Gasteiger partial charge in [0.05, 0.1) is 0 Å². The lowest BCUT2D eigenvalue weighted by molar-refractivity contribution is 0.879. The molecule has 2 aromatic rings. The smallest absolute Gasteiger partial charge is 0.0486 e. The van der Waals surface area contributed by atoms with Crippen LogP contribution < -0.4 is 16.8 Å². The third kappa shape index (κ3) is 3.98. The Labute approximate surface area is 138 Å². The number of hydrogen-bond donors (Lipinski definition) is 3. The van der Waals surface area contributed by atoms with Gasteiger partial charge in [0.2, 0.25) is 0 Å². The summed E-state index contributed by atoms with van der Waals surface area (Å²) in [6.45, 7) is 3.07. The first-order chi connectivity index (χ1) is 10.0. The third-order valence-electron chi connectivity index (χ3n) is 3.45. The van der Waals surface area contributed by atoms with Crippen molar-refractivity contribution in [3.63, 3.8) is 0 Å². The van der Waals surface area contributed by atoms with Gasteiger partial charge in [-0.3, -0.25) is 0 Å². The van der Waals surface area contributed by atoms with E-state index in [2.05, 4.69) is 40.3 Å². The largest absolute Gasteiger partial charge is 0.379 e. The van der Waals surface area contributed by atoms with Crippen molar-refractivity contribution in [2.75, 3.05) is 5.32 Å². The summed E-state index contributed by atoms with van der Waals surface area (Å²) in [5.74, 6) is 0. The summed E-state index contributed by atoms with van der Waals surface area (Å²) >= 11 is 9.63. The number of anilines is 1. The molecule has 0 bridgehead atoms. The molecular weight excluding hydrogens is 350 g/mol. The van der Waals surface area contributed by atoms with E-state index in [9.17, 15) is 0 Å². The molecule has 0 aliphatic carbocycles. The molecule has 0 heterocycles. The van der Waals surface area contributed by atoms with Crippen LogP contribution in [0.1, 0.15) is 29.7 Å². The van der Waals surface area contributed by atoms with Crippen molar-refractivity contribution < 1.29 is 0 Å². The van der Waals surface area contributed by atoms with E-state index in [4.69, 9.17) is 23.1 Å². The van der Waals surface area contributed by atoms with Crippen LogP contribution in [0.5, 0.6) is 0 Å². The third-order valence-corrected chi connectivity index (χ3v) is 4.55. The van der Waals surface area contributed by atoms with Gasteiger partial charge in [-0.1, -0.05) is 39.7 Å². The average Bonchev–Trinajstić information content (AvgIpc) is 2.49. The molecule has 0 amide bonds. The summed E-state index contributed by atoms with van der Waals surface area (Å²) in [6.07, 6.45) is 0. The highest BCUT2D eigenvalue weighted by Crippen LogP contribution is 2.26. The van der Waals surface area contributed by atoms with Crippen LogP contribution in [-0.2, 0) is 13.1 Å². The monoisotopic (exact) mass is 367 g/mol. The molecule has 0 aliphatic heterocycles. The van der Waals surface area contributed by atoms with Gasteiger partial charge >= 0.3 is 0 Å². The lowest BCUT2D eigenvalue weighted by Crippen LogP contribution is -2.08. The number of hydrogen-bond acceptors (Lipinski definition) is 3. The van der Waals surface area contributed by atoms with E-state index < -0.39 is 0 Å². The van der Waals surface area contributed by atoms with Gasteiger partial charge in [0, 0.05) is 34.3 Å². The maximum atomic E-state index is 6.08. The fourth-order valence-corrected chi connectivity index (χ4v) is 2.91. The van der Waals surface area contributed by atoms with Crippen LogP contribution >= 0.6 is 27.5 Å². The molecule has 0 spiro atoms. The minimum absolute atomic E-state index is 0.167. The minimum Gasteiger partial charge on any atom is -0.379 e. The first-order valence-electron chi connectivity index (χ1n) is 6.78. The van der Waals surface area contributed by atoms with E-state index in [-0.39, 0.29) is 6.04 Å². The molecule has 0 aliphatic rings. The second kappa shape index (κ2) is 7.27. The maximum Gasteiger partial charge on any atom is 0.0486 e. The number of nitrogens with one attached hydrogen (secondary N) is 1. The Bertz CT molecular complexity index is 631. The van der Waals surface area contributed by atoms with Crippen molar-refractivity contribution in [3.8, 4) is 0 Å². The SMILES string of the molecule is CC(Nc1ccc(Cl)c(CN)c1)c1ccc(CN)c(Br)c1. The molecule has 2 aromatic carbocycles. The van der Waals surface area contributed by atoms with Gasteiger partial charge in [-0.05, 0) is 47.9 Å². The molecule has 1 unspecified atom stereocenters. The molecule has 0 saturated carbocycles. The maximum absolute atomic E-state index is 6.08. The van der Waals surface area contributed by atoms with E-state index in [1.54, 1.807) is 0 Å². The number of rotatable bonds is 5. The molecule has 3 nitrogen and oxygen atoms in total. The zero-order valence-corrected chi connectivity index (χ0v) is 14.2. The highest BCUT2D eigenvalue weighted by Gasteiger charge is 2.09. The number of halogens is 2. The number of nitrogens with two attached hydrogens (primary N) is 2. The van der Waals surface area contributed by atoms with Gasteiger partial charge in [-0.2, -0.15) is 0 Å². The normalized spacial score (nSPS) is 12.2. The van der Waals surface area contributed by atoms with Crippen molar-refractivity contribution in [2.45, 2.75) is 26.1 Å². The molecule has 2 rings (SSSR count). The predicted octanol–water partition coefficient (Wildman–Crippen LogP) is 4.19. The topological polar surface area (TPSA) is 64.1 Å². The van der Waals surface area contributed by atoms with Crippen LogP contribution in [-0.4, -0.2) is 0 Å². The van der Waals surface area contributed by atoms with E-state index in [1.165, 1.54) is 5.56 Å². The van der Waals surface area contributed by atoms with Gasteiger partial charge < -0.3 is 16.8 Å². The molecule has 0 aromatic heterocycles. The quantitative estimate of drug-likeness (QED) is 0.741. The summed E-state index contributed by atoms with van der Waals surface area (Å²) in [4.78, 5) is 0. The molecule has 0 fully saturated rings. The van der Waals surface area contributed by atoms with Crippen molar-refractivity contribution in [1.82, 2.24) is 0 Å². The van der Waals surface area contributed by atoms with Crippen LogP contribution in [0.25, 0.3) is 0 Å². The van der Waals surface area contributed by atoms with Crippen molar-refractivity contribution in [1.29, 1.82) is 0 Å². The second-order valence-corrected chi connectivity index (χ2v) is 6.19. The highest BCUT2D eigenvalue weighted by atomic mass is 79.9. The zero-order valence-electron chi connectivity index (χ0n) is 11.9. The molecule has 5 N–H and O–H groups in total. The minimum atomic E-state index is 0.167. The van der Waals surface area contributed by atoms with Crippen molar-refractivity contribution in [2.24, 2.45) is 11.5 Å². The summed E-state index contributed by atoms with van der Waals surface area (Å²) in [5.41, 5.74) is 15.6. The van der Waals surface area contributed by atoms with Crippen LogP contribution in [0.4, 0.5) is 5.69 Å². The lowest BCUT2D eigenvalue weighted by Gasteiger charge is -2.18. The fourth-order valence-electron chi connectivity index (χ4n) is 2.15. The summed E-state index contributed by atoms with van der Waals surface area (Å²) in [6, 6.07) is 12.2. The van der Waals surface area contributed by atoms with E-state index in [0.717, 1.165) is 21.3 Å². The Morgan fingerprint density at radius 1 is 1.10 bits per heavy atom. The van der Waals surface area contributed by atoms with Gasteiger partial charge in [0.1, 0.15) is 0 Å². The van der Waals surface area contributed by atoms with Gasteiger partial charge in [-0.25, -0.2) is 0 Å². The molecule has 0 saturated heterocycles. The van der Waals surface area contributed by atoms with E-state index >= 15 is 0 Å². The fraction of sp³-hybridized carbons (Fsp3) is 0.250. The molecule has 5 heteroatoms. The van der Waals surface area contributed by atoms with Gasteiger partial charge in [-0.15, -0.1) is 0 Å². The lowest BCUT2D eigenvalue weighted by atomic mass is 10.1. The molecule has 0 radical (unpaired) electrons.